The summed E-state index contributed by atoms with van der Waals surface area (Å²) in [5.74, 6) is -6.62. The van der Waals surface area contributed by atoms with E-state index in [2.05, 4.69) is 20.5 Å². The quantitative estimate of drug-likeness (QED) is 0.267. The lowest BCUT2D eigenvalue weighted by atomic mass is 9.80. The van der Waals surface area contributed by atoms with E-state index in [9.17, 15) is 41.4 Å². The Balaban J connectivity index is 1.45. The van der Waals surface area contributed by atoms with Crippen molar-refractivity contribution < 1.29 is 41.4 Å². The fourth-order valence-corrected chi connectivity index (χ4v) is 5.71. The lowest BCUT2D eigenvalue weighted by Crippen LogP contribution is -2.41. The second kappa shape index (κ2) is 10.6. The molecule has 0 aromatic carbocycles. The summed E-state index contributed by atoms with van der Waals surface area (Å²) in [6.45, 7) is 2.24. The zero-order chi connectivity index (χ0) is 30.4. The summed E-state index contributed by atoms with van der Waals surface area (Å²) in [4.78, 5) is 42.2. The van der Waals surface area contributed by atoms with Crippen LogP contribution in [0.5, 0.6) is 0 Å². The summed E-state index contributed by atoms with van der Waals surface area (Å²) in [7, 11) is 0. The number of halogens is 5. The van der Waals surface area contributed by atoms with Crippen LogP contribution in [0.1, 0.15) is 66.9 Å². The highest BCUT2D eigenvalue weighted by Gasteiger charge is 2.59. The Bertz CT molecular complexity index is 1510. The van der Waals surface area contributed by atoms with Gasteiger partial charge in [-0.1, -0.05) is 0 Å². The van der Waals surface area contributed by atoms with Gasteiger partial charge in [0.1, 0.15) is 11.7 Å². The highest BCUT2D eigenvalue weighted by Crippen LogP contribution is 2.42. The van der Waals surface area contributed by atoms with Crippen molar-refractivity contribution in [1.82, 2.24) is 35.0 Å². The van der Waals surface area contributed by atoms with Crippen LogP contribution in [0.15, 0.2) is 30.6 Å². The summed E-state index contributed by atoms with van der Waals surface area (Å²) >= 11 is 0. The van der Waals surface area contributed by atoms with E-state index in [1.165, 1.54) is 39.8 Å². The molecule has 3 aromatic heterocycles. The number of hydrogen-bond donors (Lipinski definition) is 3. The van der Waals surface area contributed by atoms with Crippen LogP contribution in [0, 0.1) is 11.3 Å². The molecule has 0 bridgehead atoms. The summed E-state index contributed by atoms with van der Waals surface area (Å²) in [6, 6.07) is 1.26. The van der Waals surface area contributed by atoms with Crippen molar-refractivity contribution in [2.45, 2.75) is 76.2 Å². The molecule has 2 aliphatic rings. The van der Waals surface area contributed by atoms with Gasteiger partial charge in [-0.3, -0.25) is 19.1 Å². The van der Waals surface area contributed by atoms with Crippen LogP contribution in [0.25, 0.3) is 5.65 Å². The number of carboxylic acid groups (broad SMARTS) is 1. The van der Waals surface area contributed by atoms with Crippen molar-refractivity contribution in [2.24, 2.45) is 11.3 Å². The molecule has 1 aliphatic heterocycles. The van der Waals surface area contributed by atoms with E-state index < -0.39 is 60.2 Å². The van der Waals surface area contributed by atoms with E-state index in [-0.39, 0.29) is 48.6 Å². The average Bonchev–Trinajstić information content (AvgIpc) is 3.64. The Hall–Kier alpha value is -4.11. The third-order valence-corrected chi connectivity index (χ3v) is 8.06. The number of carbonyl (C=O) groups excluding carboxylic acids is 2. The number of carboxylic acids is 1. The highest BCUT2D eigenvalue weighted by molar-refractivity contribution is 6.04. The van der Waals surface area contributed by atoms with Crippen LogP contribution in [0.2, 0.25) is 0 Å². The summed E-state index contributed by atoms with van der Waals surface area (Å²) in [5.41, 5.74) is -1.50. The number of imidazole rings is 1. The molecule has 16 heteroatoms. The maximum Gasteiger partial charge on any atom is 0.408 e. The molecular formula is C26H28F5N7O4. The van der Waals surface area contributed by atoms with Gasteiger partial charge in [0.2, 0.25) is 11.8 Å². The Labute approximate surface area is 235 Å². The minimum Gasteiger partial charge on any atom is -0.480 e. The van der Waals surface area contributed by atoms with Gasteiger partial charge in [-0.15, -0.1) is 0 Å². The van der Waals surface area contributed by atoms with Crippen LogP contribution < -0.4 is 10.6 Å². The highest BCUT2D eigenvalue weighted by atomic mass is 19.4. The number of alkyl halides is 5. The maximum atomic E-state index is 14.0. The van der Waals surface area contributed by atoms with E-state index in [4.69, 9.17) is 0 Å². The predicted octanol–water partition coefficient (Wildman–Crippen LogP) is 3.31. The molecule has 3 aromatic rings. The summed E-state index contributed by atoms with van der Waals surface area (Å²) in [5, 5.41) is 22.8. The molecule has 1 saturated carbocycles. The number of hydrogen-bond acceptors (Lipinski definition) is 6. The van der Waals surface area contributed by atoms with Crippen LogP contribution in [-0.2, 0) is 22.6 Å². The van der Waals surface area contributed by atoms with Gasteiger partial charge in [0.15, 0.2) is 11.1 Å². The first-order valence-electron chi connectivity index (χ1n) is 13.4. The molecule has 1 aliphatic carbocycles. The first-order valence-corrected chi connectivity index (χ1v) is 13.4. The molecule has 3 N–H and O–H groups in total. The molecule has 4 heterocycles. The number of carbonyl (C=O) groups is 3. The molecule has 0 spiro atoms. The standard InChI is InChI=1S/C26H28F5N7O4/c1-2-37-17(7-10-32-37)21(39)35-20(14-5-8-25(27,28)9-6-14)16-13-38-19(33-16)4-3-15(36-38)11-24(23(41)42)12-18(26(29,30)31)34-22(24)40/h3-4,7,10,13-14,18,20H,2,5-6,8-9,11-12H2,1H3,(H,34,40)(H,35,39)(H,41,42)/t18-,20?,24?/m1/s1. The van der Waals surface area contributed by atoms with E-state index in [0.717, 1.165) is 0 Å². The van der Waals surface area contributed by atoms with Gasteiger partial charge in [0.25, 0.3) is 5.91 Å². The fraction of sp³-hybridized carbons (Fsp3) is 0.538. The second-order valence-corrected chi connectivity index (χ2v) is 10.8. The van der Waals surface area contributed by atoms with Gasteiger partial charge in [-0.25, -0.2) is 18.3 Å². The van der Waals surface area contributed by atoms with Gasteiger partial charge in [-0.05, 0) is 43.9 Å². The fourth-order valence-electron chi connectivity index (χ4n) is 5.71. The molecule has 11 nitrogen and oxygen atoms in total. The Morgan fingerprint density at radius 1 is 1.21 bits per heavy atom. The van der Waals surface area contributed by atoms with Crippen LogP contribution in [0.4, 0.5) is 22.0 Å². The zero-order valence-electron chi connectivity index (χ0n) is 22.4. The van der Waals surface area contributed by atoms with E-state index in [1.54, 1.807) is 5.32 Å². The van der Waals surface area contributed by atoms with Crippen molar-refractivity contribution in [1.29, 1.82) is 0 Å². The van der Waals surface area contributed by atoms with Gasteiger partial charge >= 0.3 is 12.1 Å². The van der Waals surface area contributed by atoms with Gasteiger partial charge in [0, 0.05) is 38.4 Å². The van der Waals surface area contributed by atoms with Crippen molar-refractivity contribution >= 4 is 23.4 Å². The number of aliphatic carboxylic acids is 1. The molecule has 42 heavy (non-hydrogen) atoms. The Morgan fingerprint density at radius 3 is 2.55 bits per heavy atom. The average molecular weight is 598 g/mol. The molecule has 1 saturated heterocycles. The Kier molecular flexibility index (Phi) is 7.43. The van der Waals surface area contributed by atoms with E-state index >= 15 is 0 Å². The summed E-state index contributed by atoms with van der Waals surface area (Å²) in [6.07, 6.45) is -3.97. The third kappa shape index (κ3) is 5.53. The van der Waals surface area contributed by atoms with Gasteiger partial charge in [-0.2, -0.15) is 23.4 Å². The smallest absolute Gasteiger partial charge is 0.408 e. The number of aromatic nitrogens is 5. The lowest BCUT2D eigenvalue weighted by molar-refractivity contribution is -0.158. The van der Waals surface area contributed by atoms with E-state index in [0.29, 0.717) is 12.2 Å². The topological polar surface area (TPSA) is 144 Å². The minimum absolute atomic E-state index is 0.0246. The number of nitrogens with one attached hydrogen (secondary N) is 2. The summed E-state index contributed by atoms with van der Waals surface area (Å²) < 4.78 is 70.5. The minimum atomic E-state index is -4.82. The molecule has 3 atom stereocenters. The van der Waals surface area contributed by atoms with Crippen molar-refractivity contribution in [3.8, 4) is 0 Å². The van der Waals surface area contributed by atoms with Gasteiger partial charge in [0.05, 0.1) is 23.6 Å². The molecular weight excluding hydrogens is 569 g/mol. The number of aryl methyl sites for hydroxylation is 1. The normalized spacial score (nSPS) is 23.6. The van der Waals surface area contributed by atoms with Crippen LogP contribution in [-0.4, -0.2) is 65.4 Å². The number of rotatable bonds is 8. The first kappa shape index (κ1) is 29.4. The second-order valence-electron chi connectivity index (χ2n) is 10.8. The number of nitrogens with zero attached hydrogens (tertiary/aromatic N) is 5. The van der Waals surface area contributed by atoms with Crippen LogP contribution >= 0.6 is 0 Å². The predicted molar refractivity (Wildman–Crippen MR) is 134 cm³/mol. The molecule has 0 radical (unpaired) electrons. The monoisotopic (exact) mass is 597 g/mol. The van der Waals surface area contributed by atoms with Crippen molar-refractivity contribution in [3.63, 3.8) is 0 Å². The lowest BCUT2D eigenvalue weighted by Gasteiger charge is -2.33. The number of fused-ring (bicyclic) bond motifs is 1. The Morgan fingerprint density at radius 2 is 1.93 bits per heavy atom. The van der Waals surface area contributed by atoms with Crippen LogP contribution in [0.3, 0.4) is 0 Å². The largest absolute Gasteiger partial charge is 0.480 e. The molecule has 5 rings (SSSR count). The van der Waals surface area contributed by atoms with Gasteiger partial charge < -0.3 is 15.7 Å². The third-order valence-electron chi connectivity index (χ3n) is 8.06. The molecule has 2 unspecified atom stereocenters. The molecule has 226 valence electrons. The molecule has 2 fully saturated rings. The zero-order valence-corrected chi connectivity index (χ0v) is 22.4. The SMILES string of the molecule is CCn1nccc1C(=O)NC(c1cn2nc(CC3(C(=O)O)C[C@H](C(F)(F)F)NC3=O)ccc2n1)C1CCC(F)(F)CC1. The number of amides is 2. The maximum absolute atomic E-state index is 14.0. The molecule has 2 amide bonds. The first-order chi connectivity index (χ1) is 19.7. The van der Waals surface area contributed by atoms with E-state index in [1.807, 2.05) is 6.92 Å². The van der Waals surface area contributed by atoms with Crippen molar-refractivity contribution in [2.75, 3.05) is 0 Å². The van der Waals surface area contributed by atoms with Crippen molar-refractivity contribution in [3.05, 3.63) is 47.7 Å².